The lowest BCUT2D eigenvalue weighted by atomic mass is 10.1. The zero-order chi connectivity index (χ0) is 14.0. The molecule has 0 saturated carbocycles. The summed E-state index contributed by atoms with van der Waals surface area (Å²) in [5.41, 5.74) is 6.65. The lowest BCUT2D eigenvalue weighted by molar-refractivity contribution is -0.383. The summed E-state index contributed by atoms with van der Waals surface area (Å²) < 4.78 is 0. The van der Waals surface area contributed by atoms with Gasteiger partial charge < -0.3 is 11.1 Å². The summed E-state index contributed by atoms with van der Waals surface area (Å²) in [7, 11) is 0. The van der Waals surface area contributed by atoms with Gasteiger partial charge in [0.05, 0.1) is 10.8 Å². The summed E-state index contributed by atoms with van der Waals surface area (Å²) in [6.45, 7) is 1.81. The Labute approximate surface area is 110 Å². The number of carbonyl (C=O) groups is 1. The van der Waals surface area contributed by atoms with Crippen molar-refractivity contribution in [3.05, 3.63) is 46.0 Å². The average molecular weight is 261 g/mol. The van der Waals surface area contributed by atoms with Crippen molar-refractivity contribution in [1.82, 2.24) is 0 Å². The Bertz CT molecular complexity index is 554. The van der Waals surface area contributed by atoms with Crippen LogP contribution in [-0.4, -0.2) is 16.9 Å². The lowest BCUT2D eigenvalue weighted by Gasteiger charge is -2.11. The fourth-order valence-corrected chi connectivity index (χ4v) is 2.06. The molecule has 0 aromatic heterocycles. The molecule has 19 heavy (non-hydrogen) atoms. The summed E-state index contributed by atoms with van der Waals surface area (Å²) in [4.78, 5) is 22.4. The molecule has 6 heteroatoms. The third-order valence-corrected chi connectivity index (χ3v) is 3.06. The van der Waals surface area contributed by atoms with Gasteiger partial charge in [-0.25, -0.2) is 0 Å². The van der Waals surface area contributed by atoms with E-state index in [1.807, 2.05) is 6.92 Å². The van der Waals surface area contributed by atoms with Gasteiger partial charge >= 0.3 is 0 Å². The first-order valence-corrected chi connectivity index (χ1v) is 5.97. The second-order valence-corrected chi connectivity index (χ2v) is 4.66. The molecule has 3 N–H and O–H groups in total. The van der Waals surface area contributed by atoms with E-state index in [4.69, 9.17) is 5.73 Å². The maximum atomic E-state index is 12.0. The molecule has 1 aliphatic carbocycles. The van der Waals surface area contributed by atoms with Crippen LogP contribution in [0.25, 0.3) is 0 Å². The number of nitro benzene ring substituents is 1. The van der Waals surface area contributed by atoms with E-state index in [0.29, 0.717) is 6.42 Å². The second-order valence-electron chi connectivity index (χ2n) is 4.66. The SMILES string of the molecule is Cc1ccc([N+](=O)[O-])c(NC(=O)C2C=CC(N)C2)c1. The van der Waals surface area contributed by atoms with Crippen LogP contribution in [0, 0.1) is 23.0 Å². The second kappa shape index (κ2) is 5.19. The van der Waals surface area contributed by atoms with Gasteiger partial charge in [0.15, 0.2) is 0 Å². The molecule has 2 unspecified atom stereocenters. The Morgan fingerprint density at radius 1 is 1.47 bits per heavy atom. The molecule has 0 bridgehead atoms. The van der Waals surface area contributed by atoms with Crippen molar-refractivity contribution in [2.45, 2.75) is 19.4 Å². The number of nitrogens with zero attached hydrogens (tertiary/aromatic N) is 1. The summed E-state index contributed by atoms with van der Waals surface area (Å²) in [5.74, 6) is -0.590. The molecule has 0 radical (unpaired) electrons. The fourth-order valence-electron chi connectivity index (χ4n) is 2.06. The summed E-state index contributed by atoms with van der Waals surface area (Å²) in [6.07, 6.45) is 4.04. The molecule has 0 aliphatic heterocycles. The number of hydrogen-bond donors (Lipinski definition) is 2. The Morgan fingerprint density at radius 3 is 2.79 bits per heavy atom. The van der Waals surface area contributed by atoms with Gasteiger partial charge in [0.1, 0.15) is 5.69 Å². The van der Waals surface area contributed by atoms with Crippen LogP contribution in [0.2, 0.25) is 0 Å². The number of benzene rings is 1. The number of carbonyl (C=O) groups excluding carboxylic acids is 1. The molecule has 100 valence electrons. The first-order chi connectivity index (χ1) is 8.97. The van der Waals surface area contributed by atoms with Gasteiger partial charge in [-0.2, -0.15) is 0 Å². The van der Waals surface area contributed by atoms with Gasteiger partial charge in [-0.3, -0.25) is 14.9 Å². The topological polar surface area (TPSA) is 98.3 Å². The fraction of sp³-hybridized carbons (Fsp3) is 0.308. The molecule has 0 spiro atoms. The van der Waals surface area contributed by atoms with Crippen molar-refractivity contribution >= 4 is 17.3 Å². The van der Waals surface area contributed by atoms with Crippen molar-refractivity contribution < 1.29 is 9.72 Å². The third-order valence-electron chi connectivity index (χ3n) is 3.06. The molecule has 2 rings (SSSR count). The predicted molar refractivity (Wildman–Crippen MR) is 71.7 cm³/mol. The van der Waals surface area contributed by atoms with Crippen molar-refractivity contribution in [2.24, 2.45) is 11.7 Å². The van der Waals surface area contributed by atoms with Crippen LogP contribution in [0.15, 0.2) is 30.4 Å². The Balaban J connectivity index is 2.18. The van der Waals surface area contributed by atoms with Crippen molar-refractivity contribution in [1.29, 1.82) is 0 Å². The highest BCUT2D eigenvalue weighted by Crippen LogP contribution is 2.27. The smallest absolute Gasteiger partial charge is 0.292 e. The maximum absolute atomic E-state index is 12.0. The standard InChI is InChI=1S/C13H15N3O3/c1-8-2-5-12(16(18)19)11(6-8)15-13(17)9-3-4-10(14)7-9/h2-6,9-10H,7,14H2,1H3,(H,15,17). The van der Waals surface area contributed by atoms with Crippen LogP contribution >= 0.6 is 0 Å². The van der Waals surface area contributed by atoms with E-state index in [2.05, 4.69) is 5.32 Å². The maximum Gasteiger partial charge on any atom is 0.292 e. The highest BCUT2D eigenvalue weighted by atomic mass is 16.6. The molecule has 0 fully saturated rings. The van der Waals surface area contributed by atoms with Gasteiger partial charge in [-0.15, -0.1) is 0 Å². The normalized spacial score (nSPS) is 21.4. The predicted octanol–water partition coefficient (Wildman–Crippen LogP) is 1.75. The molecule has 1 amide bonds. The van der Waals surface area contributed by atoms with Crippen molar-refractivity contribution in [3.63, 3.8) is 0 Å². The summed E-state index contributed by atoms with van der Waals surface area (Å²) in [5, 5.41) is 13.5. The number of nitrogens with one attached hydrogen (secondary N) is 1. The molecule has 1 aromatic rings. The van der Waals surface area contributed by atoms with E-state index < -0.39 is 4.92 Å². The summed E-state index contributed by atoms with van der Waals surface area (Å²) in [6, 6.07) is 4.50. The molecule has 6 nitrogen and oxygen atoms in total. The monoisotopic (exact) mass is 261 g/mol. The van der Waals surface area contributed by atoms with Crippen LogP contribution in [-0.2, 0) is 4.79 Å². The van der Waals surface area contributed by atoms with Gasteiger partial charge in [0.25, 0.3) is 5.69 Å². The number of aryl methyl sites for hydroxylation is 1. The number of nitro groups is 1. The quantitative estimate of drug-likeness (QED) is 0.492. The van der Waals surface area contributed by atoms with Crippen LogP contribution in [0.5, 0.6) is 0 Å². The Kier molecular flexibility index (Phi) is 3.62. The lowest BCUT2D eigenvalue weighted by Crippen LogP contribution is -2.24. The van der Waals surface area contributed by atoms with Crippen LogP contribution in [0.1, 0.15) is 12.0 Å². The number of amides is 1. The number of hydrogen-bond acceptors (Lipinski definition) is 4. The molecule has 2 atom stereocenters. The Morgan fingerprint density at radius 2 is 2.21 bits per heavy atom. The van der Waals surface area contributed by atoms with Crippen molar-refractivity contribution in [3.8, 4) is 0 Å². The van der Waals surface area contributed by atoms with E-state index in [0.717, 1.165) is 5.56 Å². The molecule has 1 aromatic carbocycles. The van der Waals surface area contributed by atoms with E-state index in [1.54, 1.807) is 24.3 Å². The number of anilines is 1. The van der Waals surface area contributed by atoms with Gasteiger partial charge in [-0.05, 0) is 25.0 Å². The Hall–Kier alpha value is -2.21. The average Bonchev–Trinajstić information content (AvgIpc) is 2.75. The van der Waals surface area contributed by atoms with E-state index in [9.17, 15) is 14.9 Å². The van der Waals surface area contributed by atoms with E-state index in [1.165, 1.54) is 6.07 Å². The minimum atomic E-state index is -0.509. The van der Waals surface area contributed by atoms with E-state index >= 15 is 0 Å². The highest BCUT2D eigenvalue weighted by Gasteiger charge is 2.24. The van der Waals surface area contributed by atoms with Gasteiger partial charge in [0.2, 0.25) is 5.91 Å². The minimum Gasteiger partial charge on any atom is -0.324 e. The molecular weight excluding hydrogens is 246 g/mol. The third kappa shape index (κ3) is 2.97. The first kappa shape index (κ1) is 13.2. The van der Waals surface area contributed by atoms with Gasteiger partial charge in [-0.1, -0.05) is 18.2 Å². The highest BCUT2D eigenvalue weighted by molar-refractivity contribution is 5.96. The zero-order valence-electron chi connectivity index (χ0n) is 10.5. The van der Waals surface area contributed by atoms with Crippen molar-refractivity contribution in [2.75, 3.05) is 5.32 Å². The van der Waals surface area contributed by atoms with Gasteiger partial charge in [0, 0.05) is 12.1 Å². The van der Waals surface area contributed by atoms with E-state index in [-0.39, 0.29) is 29.2 Å². The van der Waals surface area contributed by atoms with Crippen LogP contribution in [0.4, 0.5) is 11.4 Å². The molecule has 0 heterocycles. The summed E-state index contributed by atoms with van der Waals surface area (Å²) >= 11 is 0. The number of nitrogens with two attached hydrogens (primary N) is 1. The first-order valence-electron chi connectivity index (χ1n) is 5.97. The van der Waals surface area contributed by atoms with Crippen LogP contribution < -0.4 is 11.1 Å². The number of rotatable bonds is 3. The molecule has 1 aliphatic rings. The minimum absolute atomic E-state index is 0.106. The van der Waals surface area contributed by atoms with Crippen LogP contribution in [0.3, 0.4) is 0 Å². The largest absolute Gasteiger partial charge is 0.324 e. The molecular formula is C13H15N3O3. The zero-order valence-corrected chi connectivity index (χ0v) is 10.5. The molecule has 0 saturated heterocycles.